The van der Waals surface area contributed by atoms with Crippen LogP contribution in [0.2, 0.25) is 0 Å². The molecule has 4 heterocycles. The first-order valence-electron chi connectivity index (χ1n) is 10.6. The summed E-state index contributed by atoms with van der Waals surface area (Å²) >= 11 is 0. The van der Waals surface area contributed by atoms with E-state index in [-0.39, 0.29) is 0 Å². The number of pyridine rings is 3. The molecule has 0 unspecified atom stereocenters. The van der Waals surface area contributed by atoms with E-state index in [1.54, 1.807) is 0 Å². The topological polar surface area (TPSA) is 43.1 Å². The lowest BCUT2D eigenvalue weighted by Gasteiger charge is -2.12. The first-order chi connectivity index (χ1) is 15.4. The second kappa shape index (κ2) is 5.35. The van der Waals surface area contributed by atoms with Gasteiger partial charge in [-0.1, -0.05) is 36.4 Å². The quantitative estimate of drug-likeness (QED) is 0.315. The zero-order chi connectivity index (χ0) is 20.1. The fourth-order valence-corrected chi connectivity index (χ4v) is 5.75. The number of aromatic nitrogens is 4. The van der Waals surface area contributed by atoms with Crippen LogP contribution < -0.4 is 0 Å². The highest BCUT2D eigenvalue weighted by Crippen LogP contribution is 2.48. The maximum absolute atomic E-state index is 5.17. The molecule has 31 heavy (non-hydrogen) atoms. The largest absolute Gasteiger partial charge is 0.291 e. The Morgan fingerprint density at radius 1 is 0.710 bits per heavy atom. The summed E-state index contributed by atoms with van der Waals surface area (Å²) in [7, 11) is 0. The Labute approximate surface area is 177 Å². The number of fused-ring (bicyclic) bond motifs is 14. The van der Waals surface area contributed by atoms with Crippen LogP contribution in [0.5, 0.6) is 0 Å². The Morgan fingerprint density at radius 3 is 2.55 bits per heavy atom. The molecule has 4 nitrogen and oxygen atoms in total. The number of rotatable bonds is 0. The van der Waals surface area contributed by atoms with E-state index in [1.807, 2.05) is 24.8 Å². The van der Waals surface area contributed by atoms with Gasteiger partial charge < -0.3 is 0 Å². The molecule has 0 saturated carbocycles. The van der Waals surface area contributed by atoms with Crippen LogP contribution >= 0.6 is 0 Å². The minimum Gasteiger partial charge on any atom is -0.291 e. The summed E-state index contributed by atoms with van der Waals surface area (Å²) in [5.74, 6) is 0. The first-order valence-corrected chi connectivity index (χ1v) is 10.6. The van der Waals surface area contributed by atoms with E-state index < -0.39 is 0 Å². The predicted octanol–water partition coefficient (Wildman–Crippen LogP) is 5.57. The molecule has 0 atom stereocenters. The Morgan fingerprint density at radius 2 is 1.58 bits per heavy atom. The normalized spacial score (nSPS) is 13.5. The molecule has 0 N–H and O–H groups in total. The molecule has 4 heteroatoms. The second-order valence-corrected chi connectivity index (χ2v) is 8.52. The third-order valence-electron chi connectivity index (χ3n) is 7.01. The third kappa shape index (κ3) is 1.84. The van der Waals surface area contributed by atoms with Crippen molar-refractivity contribution in [2.75, 3.05) is 0 Å². The Bertz CT molecular complexity index is 1740. The van der Waals surface area contributed by atoms with Crippen LogP contribution in [-0.4, -0.2) is 19.4 Å². The van der Waals surface area contributed by atoms with Crippen molar-refractivity contribution in [1.29, 1.82) is 0 Å². The lowest BCUT2D eigenvalue weighted by Crippen LogP contribution is -1.96. The molecule has 2 aromatic carbocycles. The van der Waals surface area contributed by atoms with Crippen LogP contribution in [0, 0.1) is 0 Å². The van der Waals surface area contributed by atoms with Crippen molar-refractivity contribution in [2.45, 2.75) is 12.8 Å². The number of benzene rings is 2. The van der Waals surface area contributed by atoms with Crippen molar-refractivity contribution in [3.8, 4) is 22.4 Å². The van der Waals surface area contributed by atoms with Crippen LogP contribution in [0.4, 0.5) is 0 Å². The summed E-state index contributed by atoms with van der Waals surface area (Å²) < 4.78 is 2.33. The third-order valence-corrected chi connectivity index (χ3v) is 7.01. The van der Waals surface area contributed by atoms with Gasteiger partial charge in [0, 0.05) is 47.5 Å². The average Bonchev–Trinajstić information content (AvgIpc) is 3.48. The maximum atomic E-state index is 5.17. The first kappa shape index (κ1) is 15.7. The molecule has 0 saturated heterocycles. The van der Waals surface area contributed by atoms with Gasteiger partial charge in [0.15, 0.2) is 0 Å². The number of hydrogen-bond donors (Lipinski definition) is 0. The summed E-state index contributed by atoms with van der Waals surface area (Å²) in [5, 5.41) is 3.36. The van der Waals surface area contributed by atoms with Crippen LogP contribution in [-0.2, 0) is 12.8 Å². The Hall–Kier alpha value is -4.05. The number of imidazole rings is 1. The SMILES string of the molecule is c1ccc2c(c1)Cc1ccc3c(c1-2)Cc1nc2c4cnccc4c4cnccc4n2c1-3. The summed E-state index contributed by atoms with van der Waals surface area (Å²) in [6.07, 6.45) is 9.50. The van der Waals surface area contributed by atoms with Crippen LogP contribution in [0.1, 0.15) is 22.4 Å². The van der Waals surface area contributed by atoms with E-state index in [1.165, 1.54) is 39.1 Å². The molecule has 0 bridgehead atoms. The molecule has 0 amide bonds. The van der Waals surface area contributed by atoms with Gasteiger partial charge in [-0.05, 0) is 51.8 Å². The fourth-order valence-electron chi connectivity index (χ4n) is 5.75. The summed E-state index contributed by atoms with van der Waals surface area (Å²) in [5.41, 5.74) is 12.9. The molecule has 6 aromatic rings. The molecule has 2 aliphatic rings. The van der Waals surface area contributed by atoms with Gasteiger partial charge in [-0.3, -0.25) is 14.4 Å². The van der Waals surface area contributed by atoms with Crippen LogP contribution in [0.25, 0.3) is 49.7 Å². The molecular formula is C27H16N4. The van der Waals surface area contributed by atoms with Crippen molar-refractivity contribution in [3.63, 3.8) is 0 Å². The molecule has 0 spiro atoms. The van der Waals surface area contributed by atoms with Crippen molar-refractivity contribution in [1.82, 2.24) is 19.4 Å². The van der Waals surface area contributed by atoms with Crippen molar-refractivity contribution in [3.05, 3.63) is 95.7 Å². The lowest BCUT2D eigenvalue weighted by atomic mass is 9.96. The standard InChI is InChI=1S/C27H16N4/c1-2-4-17-15(3-1)11-16-5-6-19-20(25(16)17)12-23-26(19)31-24-8-10-29-13-21(24)18-7-9-28-14-22(18)27(31)30-23/h1-10,13-14H,11-12H2. The van der Waals surface area contributed by atoms with Gasteiger partial charge in [-0.15, -0.1) is 0 Å². The summed E-state index contributed by atoms with van der Waals surface area (Å²) in [6, 6.07) is 17.6. The maximum Gasteiger partial charge on any atom is 0.147 e. The van der Waals surface area contributed by atoms with Crippen LogP contribution in [0.3, 0.4) is 0 Å². The minimum atomic E-state index is 0.873. The molecule has 2 aliphatic carbocycles. The second-order valence-electron chi connectivity index (χ2n) is 8.52. The molecule has 0 aliphatic heterocycles. The van der Waals surface area contributed by atoms with Crippen molar-refractivity contribution >= 4 is 27.3 Å². The van der Waals surface area contributed by atoms with E-state index in [9.17, 15) is 0 Å². The van der Waals surface area contributed by atoms with Gasteiger partial charge in [-0.2, -0.15) is 0 Å². The van der Waals surface area contributed by atoms with E-state index in [0.717, 1.165) is 45.9 Å². The van der Waals surface area contributed by atoms with Gasteiger partial charge in [0.05, 0.1) is 16.9 Å². The van der Waals surface area contributed by atoms with Gasteiger partial charge in [0.2, 0.25) is 0 Å². The fraction of sp³-hybridized carbons (Fsp3) is 0.0741. The van der Waals surface area contributed by atoms with E-state index in [2.05, 4.69) is 62.9 Å². The van der Waals surface area contributed by atoms with Crippen LogP contribution in [0.15, 0.2) is 73.3 Å². The zero-order valence-corrected chi connectivity index (χ0v) is 16.6. The number of hydrogen-bond acceptors (Lipinski definition) is 3. The zero-order valence-electron chi connectivity index (χ0n) is 16.6. The monoisotopic (exact) mass is 396 g/mol. The van der Waals surface area contributed by atoms with Gasteiger partial charge in [0.1, 0.15) is 5.65 Å². The van der Waals surface area contributed by atoms with Gasteiger partial charge in [0.25, 0.3) is 0 Å². The van der Waals surface area contributed by atoms with Gasteiger partial charge >= 0.3 is 0 Å². The van der Waals surface area contributed by atoms with Crippen molar-refractivity contribution < 1.29 is 0 Å². The Kier molecular flexibility index (Phi) is 2.72. The van der Waals surface area contributed by atoms with Gasteiger partial charge in [-0.25, -0.2) is 4.98 Å². The molecule has 4 aromatic heterocycles. The molecular weight excluding hydrogens is 380 g/mol. The van der Waals surface area contributed by atoms with Crippen molar-refractivity contribution in [2.24, 2.45) is 0 Å². The highest BCUT2D eigenvalue weighted by Gasteiger charge is 2.32. The van der Waals surface area contributed by atoms with E-state index in [4.69, 9.17) is 4.98 Å². The smallest absolute Gasteiger partial charge is 0.147 e. The minimum absolute atomic E-state index is 0.873. The summed E-state index contributed by atoms with van der Waals surface area (Å²) in [4.78, 5) is 14.0. The molecule has 0 fully saturated rings. The highest BCUT2D eigenvalue weighted by molar-refractivity contribution is 6.12. The highest BCUT2D eigenvalue weighted by atomic mass is 15.0. The summed E-state index contributed by atoms with van der Waals surface area (Å²) in [6.45, 7) is 0. The lowest BCUT2D eigenvalue weighted by molar-refractivity contribution is 1.16. The molecule has 0 radical (unpaired) electrons. The average molecular weight is 396 g/mol. The molecule has 8 rings (SSSR count). The van der Waals surface area contributed by atoms with E-state index in [0.29, 0.717) is 0 Å². The molecule has 144 valence electrons. The van der Waals surface area contributed by atoms with E-state index >= 15 is 0 Å². The predicted molar refractivity (Wildman–Crippen MR) is 122 cm³/mol. The Balaban J connectivity index is 1.53. The number of nitrogens with zero attached hydrogens (tertiary/aromatic N) is 4.